The molecule has 1 amide bonds. The van der Waals surface area contributed by atoms with Crippen molar-refractivity contribution in [3.8, 4) is 0 Å². The van der Waals surface area contributed by atoms with E-state index < -0.39 is 0 Å². The summed E-state index contributed by atoms with van der Waals surface area (Å²) >= 11 is 0. The van der Waals surface area contributed by atoms with E-state index in [1.807, 2.05) is 11.0 Å². The lowest BCUT2D eigenvalue weighted by Crippen LogP contribution is -2.40. The molecule has 19 heavy (non-hydrogen) atoms. The molecular weight excluding hydrogens is 236 g/mol. The van der Waals surface area contributed by atoms with Crippen molar-refractivity contribution in [3.05, 3.63) is 12.2 Å². The van der Waals surface area contributed by atoms with Gasteiger partial charge in [0, 0.05) is 25.7 Å². The summed E-state index contributed by atoms with van der Waals surface area (Å²) in [5.74, 6) is 1.58. The Hall–Kier alpha value is -0.830. The van der Waals surface area contributed by atoms with Crippen LogP contribution in [0.3, 0.4) is 0 Å². The molecule has 2 heterocycles. The second kappa shape index (κ2) is 7.09. The third-order valence-electron chi connectivity index (χ3n) is 4.54. The van der Waals surface area contributed by atoms with Gasteiger partial charge in [-0.2, -0.15) is 0 Å². The van der Waals surface area contributed by atoms with Crippen molar-refractivity contribution in [1.29, 1.82) is 0 Å². The van der Waals surface area contributed by atoms with E-state index in [1.54, 1.807) is 6.08 Å². The molecule has 108 valence electrons. The fraction of sp³-hybridized carbons (Fsp3) is 0.812. The van der Waals surface area contributed by atoms with Crippen LogP contribution in [0.25, 0.3) is 0 Å². The van der Waals surface area contributed by atoms with E-state index in [-0.39, 0.29) is 5.91 Å². The SMILES string of the molecule is CC(C)C1CCCN(C(=O)C=CCN2CCCC2)C1. The number of nitrogens with zero attached hydrogens (tertiary/aromatic N) is 2. The average molecular weight is 264 g/mol. The molecule has 0 radical (unpaired) electrons. The van der Waals surface area contributed by atoms with Gasteiger partial charge in [0.15, 0.2) is 0 Å². The molecule has 0 aromatic carbocycles. The maximum absolute atomic E-state index is 12.2. The van der Waals surface area contributed by atoms with Crippen LogP contribution in [-0.4, -0.2) is 48.4 Å². The van der Waals surface area contributed by atoms with E-state index in [2.05, 4.69) is 18.7 Å². The highest BCUT2D eigenvalue weighted by Gasteiger charge is 2.24. The third-order valence-corrected chi connectivity index (χ3v) is 4.54. The van der Waals surface area contributed by atoms with Crippen LogP contribution in [0.4, 0.5) is 0 Å². The van der Waals surface area contributed by atoms with Crippen molar-refractivity contribution < 1.29 is 4.79 Å². The summed E-state index contributed by atoms with van der Waals surface area (Å²) < 4.78 is 0. The smallest absolute Gasteiger partial charge is 0.246 e. The van der Waals surface area contributed by atoms with E-state index in [0.717, 1.165) is 26.1 Å². The van der Waals surface area contributed by atoms with Crippen LogP contribution in [0.2, 0.25) is 0 Å². The normalized spacial score (nSPS) is 25.6. The summed E-state index contributed by atoms with van der Waals surface area (Å²) in [7, 11) is 0. The molecule has 1 unspecified atom stereocenters. The van der Waals surface area contributed by atoms with Gasteiger partial charge in [0.25, 0.3) is 0 Å². The molecule has 0 aliphatic carbocycles. The number of likely N-dealkylation sites (tertiary alicyclic amines) is 2. The summed E-state index contributed by atoms with van der Waals surface area (Å²) in [4.78, 5) is 16.6. The van der Waals surface area contributed by atoms with Crippen LogP contribution >= 0.6 is 0 Å². The zero-order valence-electron chi connectivity index (χ0n) is 12.5. The molecule has 0 saturated carbocycles. The number of hydrogen-bond acceptors (Lipinski definition) is 2. The maximum Gasteiger partial charge on any atom is 0.246 e. The van der Waals surface area contributed by atoms with Crippen molar-refractivity contribution in [2.24, 2.45) is 11.8 Å². The van der Waals surface area contributed by atoms with Crippen LogP contribution in [0.5, 0.6) is 0 Å². The van der Waals surface area contributed by atoms with Crippen molar-refractivity contribution in [3.63, 3.8) is 0 Å². The summed E-state index contributed by atoms with van der Waals surface area (Å²) in [6, 6.07) is 0. The fourth-order valence-corrected chi connectivity index (χ4v) is 3.13. The number of amides is 1. The second-order valence-electron chi connectivity index (χ2n) is 6.34. The number of rotatable bonds is 4. The van der Waals surface area contributed by atoms with Gasteiger partial charge in [-0.05, 0) is 50.6 Å². The molecule has 2 rings (SSSR count). The van der Waals surface area contributed by atoms with Crippen molar-refractivity contribution in [2.75, 3.05) is 32.7 Å². The van der Waals surface area contributed by atoms with E-state index in [1.165, 1.54) is 32.4 Å². The van der Waals surface area contributed by atoms with Crippen LogP contribution in [0.1, 0.15) is 39.5 Å². The van der Waals surface area contributed by atoms with Crippen molar-refractivity contribution in [2.45, 2.75) is 39.5 Å². The molecule has 3 nitrogen and oxygen atoms in total. The number of carbonyl (C=O) groups excluding carboxylic acids is 1. The van der Waals surface area contributed by atoms with Gasteiger partial charge in [-0.15, -0.1) is 0 Å². The first kappa shape index (κ1) is 14.6. The Bertz CT molecular complexity index is 319. The van der Waals surface area contributed by atoms with Crippen molar-refractivity contribution in [1.82, 2.24) is 9.80 Å². The lowest BCUT2D eigenvalue weighted by molar-refractivity contribution is -0.128. The van der Waals surface area contributed by atoms with E-state index in [9.17, 15) is 4.79 Å². The highest BCUT2D eigenvalue weighted by Crippen LogP contribution is 2.23. The van der Waals surface area contributed by atoms with Gasteiger partial charge in [-0.1, -0.05) is 19.9 Å². The molecule has 0 spiro atoms. The lowest BCUT2D eigenvalue weighted by atomic mass is 9.88. The van der Waals surface area contributed by atoms with Gasteiger partial charge in [0.05, 0.1) is 0 Å². The predicted octanol–water partition coefficient (Wildman–Crippen LogP) is 2.53. The van der Waals surface area contributed by atoms with Gasteiger partial charge < -0.3 is 4.90 Å². The van der Waals surface area contributed by atoms with Gasteiger partial charge in [-0.25, -0.2) is 0 Å². The Morgan fingerprint density at radius 2 is 1.95 bits per heavy atom. The van der Waals surface area contributed by atoms with Crippen LogP contribution in [0.15, 0.2) is 12.2 Å². The number of hydrogen-bond donors (Lipinski definition) is 0. The topological polar surface area (TPSA) is 23.6 Å². The molecule has 3 heteroatoms. The van der Waals surface area contributed by atoms with Crippen LogP contribution < -0.4 is 0 Å². The van der Waals surface area contributed by atoms with Gasteiger partial charge in [0.1, 0.15) is 0 Å². The Kier molecular flexibility index (Phi) is 5.44. The number of carbonyl (C=O) groups is 1. The molecule has 2 aliphatic rings. The first-order valence-electron chi connectivity index (χ1n) is 7.84. The second-order valence-corrected chi connectivity index (χ2v) is 6.34. The maximum atomic E-state index is 12.2. The minimum absolute atomic E-state index is 0.213. The highest BCUT2D eigenvalue weighted by molar-refractivity contribution is 5.87. The molecule has 0 bridgehead atoms. The molecule has 2 fully saturated rings. The molecule has 0 aromatic heterocycles. The first-order valence-corrected chi connectivity index (χ1v) is 7.84. The standard InChI is InChI=1S/C16H28N2O/c1-14(2)15-7-5-12-18(13-15)16(19)8-6-11-17-9-3-4-10-17/h6,8,14-15H,3-5,7,9-13H2,1-2H3. The Balaban J connectivity index is 1.76. The van der Waals surface area contributed by atoms with E-state index in [4.69, 9.17) is 0 Å². The van der Waals surface area contributed by atoms with E-state index in [0.29, 0.717) is 11.8 Å². The molecule has 2 aliphatic heterocycles. The monoisotopic (exact) mass is 264 g/mol. The van der Waals surface area contributed by atoms with Gasteiger partial charge >= 0.3 is 0 Å². The zero-order chi connectivity index (χ0) is 13.7. The summed E-state index contributed by atoms with van der Waals surface area (Å²) in [6.07, 6.45) is 8.90. The van der Waals surface area contributed by atoms with E-state index >= 15 is 0 Å². The van der Waals surface area contributed by atoms with Crippen molar-refractivity contribution >= 4 is 5.91 Å². The third kappa shape index (κ3) is 4.34. The molecule has 0 aromatic rings. The van der Waals surface area contributed by atoms with Crippen LogP contribution in [0, 0.1) is 11.8 Å². The molecular formula is C16H28N2O. The minimum Gasteiger partial charge on any atom is -0.339 e. The molecule has 1 atom stereocenters. The lowest BCUT2D eigenvalue weighted by Gasteiger charge is -2.34. The predicted molar refractivity (Wildman–Crippen MR) is 79.0 cm³/mol. The Morgan fingerprint density at radius 1 is 1.21 bits per heavy atom. The van der Waals surface area contributed by atoms with Gasteiger partial charge in [-0.3, -0.25) is 9.69 Å². The summed E-state index contributed by atoms with van der Waals surface area (Å²) in [6.45, 7) is 9.74. The highest BCUT2D eigenvalue weighted by atomic mass is 16.2. The molecule has 2 saturated heterocycles. The number of piperidine rings is 1. The largest absolute Gasteiger partial charge is 0.339 e. The minimum atomic E-state index is 0.213. The average Bonchev–Trinajstić information content (AvgIpc) is 2.92. The fourth-order valence-electron chi connectivity index (χ4n) is 3.13. The Morgan fingerprint density at radius 3 is 2.63 bits per heavy atom. The Labute approximate surface area is 117 Å². The van der Waals surface area contributed by atoms with Gasteiger partial charge in [0.2, 0.25) is 5.91 Å². The summed E-state index contributed by atoms with van der Waals surface area (Å²) in [5, 5.41) is 0. The molecule has 0 N–H and O–H groups in total. The zero-order valence-corrected chi connectivity index (χ0v) is 12.5. The summed E-state index contributed by atoms with van der Waals surface area (Å²) in [5.41, 5.74) is 0. The van der Waals surface area contributed by atoms with Crippen LogP contribution in [-0.2, 0) is 4.79 Å². The quantitative estimate of drug-likeness (QED) is 0.729. The first-order chi connectivity index (χ1) is 9.16.